The van der Waals surface area contributed by atoms with Gasteiger partial charge in [-0.05, 0) is 37.1 Å². The van der Waals surface area contributed by atoms with Gasteiger partial charge in [0.1, 0.15) is 5.82 Å². The molecule has 1 fully saturated rings. The molecule has 0 atom stereocenters. The summed E-state index contributed by atoms with van der Waals surface area (Å²) in [5.74, 6) is 1.91. The Morgan fingerprint density at radius 3 is 2.45 bits per heavy atom. The summed E-state index contributed by atoms with van der Waals surface area (Å²) in [6.45, 7) is 6.68. The summed E-state index contributed by atoms with van der Waals surface area (Å²) in [6.07, 6.45) is 4.96. The first-order valence-electron chi connectivity index (χ1n) is 7.98. The van der Waals surface area contributed by atoms with Gasteiger partial charge in [-0.3, -0.25) is 0 Å². The van der Waals surface area contributed by atoms with E-state index in [0.717, 1.165) is 13.1 Å². The van der Waals surface area contributed by atoms with Crippen LogP contribution in [0.25, 0.3) is 10.8 Å². The molecule has 1 aromatic carbocycles. The Balaban J connectivity index is 2.09. The number of benzene rings is 1. The molecule has 1 heterocycles. The Labute approximate surface area is 121 Å². The van der Waals surface area contributed by atoms with Crippen molar-refractivity contribution in [1.29, 1.82) is 0 Å². The van der Waals surface area contributed by atoms with Crippen LogP contribution in [0.1, 0.15) is 51.1 Å². The van der Waals surface area contributed by atoms with Crippen molar-refractivity contribution >= 4 is 16.6 Å². The van der Waals surface area contributed by atoms with Crippen molar-refractivity contribution in [1.82, 2.24) is 4.98 Å². The van der Waals surface area contributed by atoms with E-state index in [9.17, 15) is 0 Å². The van der Waals surface area contributed by atoms with Crippen LogP contribution in [0.3, 0.4) is 0 Å². The number of aromatic nitrogens is 1. The van der Waals surface area contributed by atoms with Crippen molar-refractivity contribution in [2.45, 2.75) is 45.4 Å². The van der Waals surface area contributed by atoms with Gasteiger partial charge in [-0.1, -0.05) is 38.1 Å². The minimum Gasteiger partial charge on any atom is -0.356 e. The molecule has 0 aliphatic heterocycles. The Morgan fingerprint density at radius 1 is 1.10 bits per heavy atom. The van der Waals surface area contributed by atoms with Gasteiger partial charge in [-0.2, -0.15) is 0 Å². The largest absolute Gasteiger partial charge is 0.356 e. The molecule has 0 radical (unpaired) electrons. The predicted octanol–water partition coefficient (Wildman–Crippen LogP) is 4.74. The first-order valence-corrected chi connectivity index (χ1v) is 7.98. The van der Waals surface area contributed by atoms with Crippen LogP contribution in [0.2, 0.25) is 0 Å². The third-order valence-corrected chi connectivity index (χ3v) is 4.02. The van der Waals surface area contributed by atoms with Crippen LogP contribution in [-0.2, 0) is 0 Å². The van der Waals surface area contributed by atoms with Gasteiger partial charge < -0.3 is 4.90 Å². The minimum atomic E-state index is 0.712. The zero-order valence-electron chi connectivity index (χ0n) is 12.6. The average Bonchev–Trinajstić information content (AvgIpc) is 3.30. The van der Waals surface area contributed by atoms with Crippen molar-refractivity contribution in [2.24, 2.45) is 0 Å². The third kappa shape index (κ3) is 2.65. The van der Waals surface area contributed by atoms with Crippen LogP contribution in [0, 0.1) is 0 Å². The first kappa shape index (κ1) is 13.4. The molecule has 2 aromatic rings. The second-order valence-corrected chi connectivity index (χ2v) is 5.85. The van der Waals surface area contributed by atoms with E-state index in [1.54, 1.807) is 0 Å². The van der Waals surface area contributed by atoms with Crippen LogP contribution < -0.4 is 4.90 Å². The van der Waals surface area contributed by atoms with E-state index >= 15 is 0 Å². The highest BCUT2D eigenvalue weighted by molar-refractivity contribution is 5.92. The highest BCUT2D eigenvalue weighted by atomic mass is 15.2. The van der Waals surface area contributed by atoms with Gasteiger partial charge in [-0.25, -0.2) is 4.98 Å². The highest BCUT2D eigenvalue weighted by Gasteiger charge is 2.26. The fourth-order valence-electron chi connectivity index (χ4n) is 2.89. The summed E-state index contributed by atoms with van der Waals surface area (Å²) in [6, 6.07) is 11.0. The number of hydrogen-bond donors (Lipinski definition) is 0. The fourth-order valence-corrected chi connectivity index (χ4v) is 2.89. The fraction of sp³-hybridized carbons (Fsp3) is 0.500. The summed E-state index contributed by atoms with van der Waals surface area (Å²) < 4.78 is 0. The monoisotopic (exact) mass is 268 g/mol. The lowest BCUT2D eigenvalue weighted by Crippen LogP contribution is -2.26. The first-order chi connectivity index (χ1) is 9.83. The topological polar surface area (TPSA) is 16.1 Å². The quantitative estimate of drug-likeness (QED) is 0.752. The summed E-state index contributed by atoms with van der Waals surface area (Å²) in [5, 5.41) is 2.65. The van der Waals surface area contributed by atoms with Crippen molar-refractivity contribution in [2.75, 3.05) is 18.0 Å². The van der Waals surface area contributed by atoms with Crippen LogP contribution >= 0.6 is 0 Å². The summed E-state index contributed by atoms with van der Waals surface area (Å²) in [7, 11) is 0. The van der Waals surface area contributed by atoms with Crippen molar-refractivity contribution < 1.29 is 0 Å². The van der Waals surface area contributed by atoms with Gasteiger partial charge in [0.05, 0.1) is 0 Å². The molecular weight excluding hydrogens is 244 g/mol. The molecule has 0 amide bonds. The molecule has 1 aliphatic rings. The van der Waals surface area contributed by atoms with Crippen LogP contribution in [-0.4, -0.2) is 18.1 Å². The lowest BCUT2D eigenvalue weighted by Gasteiger charge is -2.25. The van der Waals surface area contributed by atoms with Gasteiger partial charge in [-0.15, -0.1) is 0 Å². The molecule has 20 heavy (non-hydrogen) atoms. The molecule has 1 saturated carbocycles. The predicted molar refractivity (Wildman–Crippen MR) is 86.5 cm³/mol. The number of nitrogens with zero attached hydrogens (tertiary/aromatic N) is 2. The van der Waals surface area contributed by atoms with E-state index in [1.807, 2.05) is 0 Å². The zero-order chi connectivity index (χ0) is 13.9. The SMILES string of the molecule is CCCN(CCC)c1nc(C2CC2)cc2ccccc12. The summed E-state index contributed by atoms with van der Waals surface area (Å²) in [5.41, 5.74) is 1.30. The van der Waals surface area contributed by atoms with E-state index in [0.29, 0.717) is 5.92 Å². The number of pyridine rings is 1. The van der Waals surface area contributed by atoms with E-state index < -0.39 is 0 Å². The van der Waals surface area contributed by atoms with Crippen molar-refractivity contribution in [3.8, 4) is 0 Å². The average molecular weight is 268 g/mol. The smallest absolute Gasteiger partial charge is 0.136 e. The Morgan fingerprint density at radius 2 is 1.80 bits per heavy atom. The molecule has 0 spiro atoms. The normalized spacial score (nSPS) is 14.7. The second-order valence-electron chi connectivity index (χ2n) is 5.85. The van der Waals surface area contributed by atoms with Crippen LogP contribution in [0.15, 0.2) is 30.3 Å². The van der Waals surface area contributed by atoms with Crippen LogP contribution in [0.5, 0.6) is 0 Å². The zero-order valence-corrected chi connectivity index (χ0v) is 12.6. The number of fused-ring (bicyclic) bond motifs is 1. The highest BCUT2D eigenvalue weighted by Crippen LogP contribution is 2.41. The molecule has 0 unspecified atom stereocenters. The lowest BCUT2D eigenvalue weighted by molar-refractivity contribution is 0.734. The maximum atomic E-state index is 5.03. The van der Waals surface area contributed by atoms with Gasteiger partial charge in [0.2, 0.25) is 0 Å². The Bertz CT molecular complexity index is 581. The van der Waals surface area contributed by atoms with E-state index in [-0.39, 0.29) is 0 Å². The summed E-state index contributed by atoms with van der Waals surface area (Å²) in [4.78, 5) is 7.49. The standard InChI is InChI=1S/C18H24N2/c1-3-11-20(12-4-2)18-16-8-6-5-7-15(16)13-17(19-18)14-9-10-14/h5-8,13-14H,3-4,9-12H2,1-2H3. The maximum absolute atomic E-state index is 5.03. The third-order valence-electron chi connectivity index (χ3n) is 4.02. The van der Waals surface area contributed by atoms with Crippen molar-refractivity contribution in [3.05, 3.63) is 36.0 Å². The summed E-state index contributed by atoms with van der Waals surface area (Å²) >= 11 is 0. The molecule has 2 nitrogen and oxygen atoms in total. The van der Waals surface area contributed by atoms with Gasteiger partial charge >= 0.3 is 0 Å². The van der Waals surface area contributed by atoms with Crippen molar-refractivity contribution in [3.63, 3.8) is 0 Å². The molecule has 0 bridgehead atoms. The molecular formula is C18H24N2. The molecule has 106 valence electrons. The van der Waals surface area contributed by atoms with Gasteiger partial charge in [0.15, 0.2) is 0 Å². The maximum Gasteiger partial charge on any atom is 0.136 e. The Kier molecular flexibility index (Phi) is 3.90. The van der Waals surface area contributed by atoms with E-state index in [4.69, 9.17) is 4.98 Å². The number of hydrogen-bond acceptors (Lipinski definition) is 2. The van der Waals surface area contributed by atoms with Gasteiger partial charge in [0.25, 0.3) is 0 Å². The number of anilines is 1. The van der Waals surface area contributed by atoms with E-state index in [1.165, 1.54) is 48.0 Å². The number of rotatable bonds is 6. The van der Waals surface area contributed by atoms with Gasteiger partial charge in [0, 0.05) is 30.1 Å². The molecule has 0 N–H and O–H groups in total. The molecule has 3 rings (SSSR count). The lowest BCUT2D eigenvalue weighted by atomic mass is 10.1. The molecule has 2 heteroatoms. The molecule has 1 aliphatic carbocycles. The van der Waals surface area contributed by atoms with E-state index in [2.05, 4.69) is 49.1 Å². The minimum absolute atomic E-state index is 0.712. The molecule has 0 saturated heterocycles. The Hall–Kier alpha value is -1.57. The van der Waals surface area contributed by atoms with Crippen LogP contribution in [0.4, 0.5) is 5.82 Å². The second kappa shape index (κ2) is 5.82. The molecule has 1 aromatic heterocycles.